The van der Waals surface area contributed by atoms with E-state index in [-0.39, 0.29) is 23.6 Å². The van der Waals surface area contributed by atoms with Crippen molar-refractivity contribution in [1.29, 1.82) is 0 Å². The van der Waals surface area contributed by atoms with Crippen LogP contribution >= 0.6 is 0 Å². The zero-order chi connectivity index (χ0) is 24.8. The molecule has 184 valence electrons. The number of morpholine rings is 1. The van der Waals surface area contributed by atoms with E-state index in [0.29, 0.717) is 56.8 Å². The first kappa shape index (κ1) is 24.2. The summed E-state index contributed by atoms with van der Waals surface area (Å²) >= 11 is 0. The summed E-state index contributed by atoms with van der Waals surface area (Å²) in [6.07, 6.45) is 2.49. The Kier molecular flexibility index (Phi) is 7.61. The lowest BCUT2D eigenvalue weighted by atomic mass is 10.0. The fourth-order valence-corrected chi connectivity index (χ4v) is 4.25. The molecule has 0 radical (unpaired) electrons. The SMILES string of the molecule is CNC(=O)c1cc(C(=O)NCCCC2CN(C(=O)O)CCO2)cc(Cc2cccc3[nH]ccc23)n1. The van der Waals surface area contributed by atoms with Crippen LogP contribution in [0.4, 0.5) is 4.79 Å². The van der Waals surface area contributed by atoms with Gasteiger partial charge < -0.3 is 30.4 Å². The van der Waals surface area contributed by atoms with Crippen LogP contribution in [0.5, 0.6) is 0 Å². The summed E-state index contributed by atoms with van der Waals surface area (Å²) < 4.78 is 5.63. The number of hydrogen-bond acceptors (Lipinski definition) is 5. The lowest BCUT2D eigenvalue weighted by molar-refractivity contribution is -0.0259. The Hall–Kier alpha value is -3.92. The van der Waals surface area contributed by atoms with Gasteiger partial charge in [-0.3, -0.25) is 9.59 Å². The molecule has 1 saturated heterocycles. The summed E-state index contributed by atoms with van der Waals surface area (Å²) in [5.74, 6) is -0.659. The average molecular weight is 480 g/mol. The molecule has 0 spiro atoms. The molecule has 2 aromatic heterocycles. The highest BCUT2D eigenvalue weighted by Crippen LogP contribution is 2.21. The van der Waals surface area contributed by atoms with E-state index in [4.69, 9.17) is 9.84 Å². The first-order valence-electron chi connectivity index (χ1n) is 11.6. The molecule has 3 aromatic rings. The minimum atomic E-state index is -0.945. The van der Waals surface area contributed by atoms with Crippen molar-refractivity contribution >= 4 is 28.8 Å². The van der Waals surface area contributed by atoms with Gasteiger partial charge in [-0.2, -0.15) is 0 Å². The van der Waals surface area contributed by atoms with Gasteiger partial charge in [0.2, 0.25) is 0 Å². The number of nitrogens with one attached hydrogen (secondary N) is 3. The number of amides is 3. The standard InChI is InChI=1S/C25H29N5O5/c1-26-24(32)22-14-17(13-18(29-22)12-16-4-2-6-21-20(16)7-9-27-21)23(31)28-8-3-5-19-15-30(25(33)34)10-11-35-19/h2,4,6-7,9,13-14,19,27H,3,5,8,10-12,15H2,1H3,(H,26,32)(H,28,31)(H,33,34). The largest absolute Gasteiger partial charge is 0.465 e. The number of carboxylic acid groups (broad SMARTS) is 1. The minimum absolute atomic E-state index is 0.180. The normalized spacial score (nSPS) is 15.7. The Morgan fingerprint density at radius 3 is 2.89 bits per heavy atom. The number of aromatic nitrogens is 2. The van der Waals surface area contributed by atoms with Gasteiger partial charge in [-0.15, -0.1) is 0 Å². The maximum Gasteiger partial charge on any atom is 0.407 e. The number of ether oxygens (including phenoxy) is 1. The van der Waals surface area contributed by atoms with Crippen LogP contribution in [-0.4, -0.2) is 77.3 Å². The molecule has 1 aliphatic heterocycles. The first-order chi connectivity index (χ1) is 16.9. The van der Waals surface area contributed by atoms with Crippen molar-refractivity contribution in [3.63, 3.8) is 0 Å². The highest BCUT2D eigenvalue weighted by atomic mass is 16.5. The fourth-order valence-electron chi connectivity index (χ4n) is 4.25. The molecule has 1 unspecified atom stereocenters. The molecular weight excluding hydrogens is 450 g/mol. The molecule has 0 saturated carbocycles. The molecule has 3 amide bonds. The van der Waals surface area contributed by atoms with E-state index in [9.17, 15) is 14.4 Å². The van der Waals surface area contributed by atoms with E-state index in [1.54, 1.807) is 6.07 Å². The molecule has 1 fully saturated rings. The Bertz CT molecular complexity index is 1220. The number of carbonyl (C=O) groups is 3. The van der Waals surface area contributed by atoms with Crippen molar-refractivity contribution in [2.75, 3.05) is 33.3 Å². The van der Waals surface area contributed by atoms with Crippen LogP contribution in [0, 0.1) is 0 Å². The number of nitrogens with zero attached hydrogens (tertiary/aromatic N) is 2. The highest BCUT2D eigenvalue weighted by Gasteiger charge is 2.23. The number of aromatic amines is 1. The van der Waals surface area contributed by atoms with Gasteiger partial charge >= 0.3 is 6.09 Å². The Balaban J connectivity index is 1.41. The van der Waals surface area contributed by atoms with Crippen LogP contribution in [0.3, 0.4) is 0 Å². The molecule has 4 rings (SSSR count). The molecule has 10 heteroatoms. The van der Waals surface area contributed by atoms with Crippen LogP contribution in [0.2, 0.25) is 0 Å². The molecule has 10 nitrogen and oxygen atoms in total. The number of pyridine rings is 1. The summed E-state index contributed by atoms with van der Waals surface area (Å²) in [5, 5.41) is 15.7. The third-order valence-corrected chi connectivity index (χ3v) is 6.05. The molecule has 35 heavy (non-hydrogen) atoms. The molecule has 1 aromatic carbocycles. The van der Waals surface area contributed by atoms with Gasteiger partial charge in [0.15, 0.2) is 0 Å². The molecule has 1 aliphatic rings. The van der Waals surface area contributed by atoms with E-state index in [0.717, 1.165) is 16.5 Å². The second kappa shape index (κ2) is 11.0. The molecular formula is C25H29N5O5. The van der Waals surface area contributed by atoms with Crippen molar-refractivity contribution in [3.05, 3.63) is 65.1 Å². The zero-order valence-electron chi connectivity index (χ0n) is 19.5. The number of rotatable bonds is 8. The average Bonchev–Trinajstić information content (AvgIpc) is 3.36. The third kappa shape index (κ3) is 5.96. The van der Waals surface area contributed by atoms with E-state index >= 15 is 0 Å². The summed E-state index contributed by atoms with van der Waals surface area (Å²) in [6.45, 7) is 1.49. The minimum Gasteiger partial charge on any atom is -0.465 e. The van der Waals surface area contributed by atoms with E-state index in [1.807, 2.05) is 30.5 Å². The number of carbonyl (C=O) groups excluding carboxylic acids is 2. The fraction of sp³-hybridized carbons (Fsp3) is 0.360. The third-order valence-electron chi connectivity index (χ3n) is 6.05. The first-order valence-corrected chi connectivity index (χ1v) is 11.6. The summed E-state index contributed by atoms with van der Waals surface area (Å²) in [6, 6.07) is 11.1. The second-order valence-electron chi connectivity index (χ2n) is 8.46. The van der Waals surface area contributed by atoms with Gasteiger partial charge in [0.05, 0.1) is 19.3 Å². The number of hydrogen-bond donors (Lipinski definition) is 4. The highest BCUT2D eigenvalue weighted by molar-refractivity contribution is 5.98. The number of benzene rings is 1. The zero-order valence-corrected chi connectivity index (χ0v) is 19.5. The van der Waals surface area contributed by atoms with Crippen LogP contribution in [0.15, 0.2) is 42.6 Å². The van der Waals surface area contributed by atoms with Crippen LogP contribution < -0.4 is 10.6 Å². The summed E-state index contributed by atoms with van der Waals surface area (Å²) in [7, 11) is 1.52. The Labute approximate surface area is 202 Å². The van der Waals surface area contributed by atoms with E-state index < -0.39 is 6.09 Å². The van der Waals surface area contributed by atoms with E-state index in [2.05, 4.69) is 20.6 Å². The molecule has 0 aliphatic carbocycles. The van der Waals surface area contributed by atoms with E-state index in [1.165, 1.54) is 18.0 Å². The predicted octanol–water partition coefficient (Wildman–Crippen LogP) is 2.40. The van der Waals surface area contributed by atoms with Crippen LogP contribution in [-0.2, 0) is 11.2 Å². The van der Waals surface area contributed by atoms with Gasteiger partial charge in [0.25, 0.3) is 11.8 Å². The number of fused-ring (bicyclic) bond motifs is 1. The lowest BCUT2D eigenvalue weighted by Gasteiger charge is -2.31. The van der Waals surface area contributed by atoms with Crippen molar-refractivity contribution in [3.8, 4) is 0 Å². The van der Waals surface area contributed by atoms with Crippen molar-refractivity contribution in [1.82, 2.24) is 25.5 Å². The van der Waals surface area contributed by atoms with Crippen LogP contribution in [0.1, 0.15) is 44.9 Å². The molecule has 0 bridgehead atoms. The summed E-state index contributed by atoms with van der Waals surface area (Å²) in [4.78, 5) is 45.3. The van der Waals surface area contributed by atoms with Gasteiger partial charge in [0.1, 0.15) is 5.69 Å². The number of H-pyrrole nitrogens is 1. The van der Waals surface area contributed by atoms with Gasteiger partial charge in [0, 0.05) is 54.9 Å². The maximum absolute atomic E-state index is 12.9. The van der Waals surface area contributed by atoms with Gasteiger partial charge in [-0.25, -0.2) is 9.78 Å². The Morgan fingerprint density at radius 2 is 2.09 bits per heavy atom. The quantitative estimate of drug-likeness (QED) is 0.366. The topological polar surface area (TPSA) is 137 Å². The smallest absolute Gasteiger partial charge is 0.407 e. The second-order valence-corrected chi connectivity index (χ2v) is 8.46. The van der Waals surface area contributed by atoms with Gasteiger partial charge in [-0.1, -0.05) is 12.1 Å². The lowest BCUT2D eigenvalue weighted by Crippen LogP contribution is -2.45. The molecule has 4 N–H and O–H groups in total. The molecule has 3 heterocycles. The predicted molar refractivity (Wildman–Crippen MR) is 130 cm³/mol. The van der Waals surface area contributed by atoms with Gasteiger partial charge in [-0.05, 0) is 42.7 Å². The molecule has 1 atom stereocenters. The Morgan fingerprint density at radius 1 is 1.23 bits per heavy atom. The van der Waals surface area contributed by atoms with Crippen molar-refractivity contribution < 1.29 is 24.2 Å². The van der Waals surface area contributed by atoms with Crippen molar-refractivity contribution in [2.45, 2.75) is 25.4 Å². The van der Waals surface area contributed by atoms with Crippen LogP contribution in [0.25, 0.3) is 10.9 Å². The van der Waals surface area contributed by atoms with Crippen molar-refractivity contribution in [2.24, 2.45) is 0 Å². The monoisotopic (exact) mass is 479 g/mol. The maximum atomic E-state index is 12.9. The summed E-state index contributed by atoms with van der Waals surface area (Å²) in [5.41, 5.74) is 3.21.